The summed E-state index contributed by atoms with van der Waals surface area (Å²) >= 11 is 2.28. The van der Waals surface area contributed by atoms with Crippen LogP contribution in [0.4, 0.5) is 5.82 Å². The molecule has 1 aromatic rings. The highest BCUT2D eigenvalue weighted by Gasteiger charge is 2.23. The standard InChI is InChI=1S/C10H14IN3O/c1-2-8-6-15-4-3-14(8)10-9(11)5-12-7-13-10/h5,7-8H,2-4,6H2,1H3. The topological polar surface area (TPSA) is 38.2 Å². The van der Waals surface area contributed by atoms with Crippen molar-refractivity contribution in [1.29, 1.82) is 0 Å². The van der Waals surface area contributed by atoms with Crippen LogP contribution in [0.15, 0.2) is 12.5 Å². The molecule has 5 heteroatoms. The molecule has 1 aliphatic rings. The zero-order valence-corrected chi connectivity index (χ0v) is 10.8. The van der Waals surface area contributed by atoms with E-state index in [1.54, 1.807) is 6.33 Å². The molecular formula is C10H14IN3O. The number of hydrogen-bond donors (Lipinski definition) is 0. The molecule has 0 amide bonds. The quantitative estimate of drug-likeness (QED) is 0.778. The highest BCUT2D eigenvalue weighted by atomic mass is 127. The molecule has 1 aromatic heterocycles. The summed E-state index contributed by atoms with van der Waals surface area (Å²) in [5, 5.41) is 0. The van der Waals surface area contributed by atoms with Crippen molar-refractivity contribution in [2.24, 2.45) is 0 Å². The molecule has 15 heavy (non-hydrogen) atoms. The molecule has 4 nitrogen and oxygen atoms in total. The van der Waals surface area contributed by atoms with Gasteiger partial charge in [0, 0.05) is 12.7 Å². The van der Waals surface area contributed by atoms with Crippen LogP contribution in [0.1, 0.15) is 13.3 Å². The van der Waals surface area contributed by atoms with E-state index in [2.05, 4.69) is 44.4 Å². The summed E-state index contributed by atoms with van der Waals surface area (Å²) in [5.74, 6) is 1.04. The van der Waals surface area contributed by atoms with Gasteiger partial charge in [-0.25, -0.2) is 9.97 Å². The first-order valence-corrected chi connectivity index (χ1v) is 6.20. The van der Waals surface area contributed by atoms with E-state index >= 15 is 0 Å². The van der Waals surface area contributed by atoms with Crippen LogP contribution in [0.3, 0.4) is 0 Å². The third-order valence-corrected chi connectivity index (χ3v) is 3.38. The van der Waals surface area contributed by atoms with Crippen molar-refractivity contribution >= 4 is 28.4 Å². The zero-order chi connectivity index (χ0) is 10.7. The molecular weight excluding hydrogens is 305 g/mol. The molecule has 1 unspecified atom stereocenters. The SMILES string of the molecule is CCC1COCCN1c1ncncc1I. The van der Waals surface area contributed by atoms with Crippen molar-refractivity contribution in [3.8, 4) is 0 Å². The Balaban J connectivity index is 2.24. The van der Waals surface area contributed by atoms with Gasteiger partial charge in [-0.05, 0) is 29.0 Å². The summed E-state index contributed by atoms with van der Waals surface area (Å²) < 4.78 is 6.58. The number of halogens is 1. The minimum Gasteiger partial charge on any atom is -0.377 e. The maximum atomic E-state index is 5.48. The van der Waals surface area contributed by atoms with Gasteiger partial charge in [-0.2, -0.15) is 0 Å². The Morgan fingerprint density at radius 3 is 3.27 bits per heavy atom. The predicted molar refractivity (Wildman–Crippen MR) is 67.0 cm³/mol. The van der Waals surface area contributed by atoms with E-state index in [0.29, 0.717) is 6.04 Å². The number of hydrogen-bond acceptors (Lipinski definition) is 4. The maximum absolute atomic E-state index is 5.48. The van der Waals surface area contributed by atoms with E-state index in [1.165, 1.54) is 0 Å². The molecule has 0 aliphatic carbocycles. The number of morpholine rings is 1. The van der Waals surface area contributed by atoms with E-state index in [9.17, 15) is 0 Å². The predicted octanol–water partition coefficient (Wildman–Crippen LogP) is 1.70. The molecule has 1 saturated heterocycles. The Labute approximate surface area is 103 Å². The van der Waals surface area contributed by atoms with Gasteiger partial charge in [-0.15, -0.1) is 0 Å². The number of anilines is 1. The summed E-state index contributed by atoms with van der Waals surface area (Å²) in [6, 6.07) is 0.446. The molecule has 1 atom stereocenters. The van der Waals surface area contributed by atoms with Gasteiger partial charge >= 0.3 is 0 Å². The Hall–Kier alpha value is -0.430. The lowest BCUT2D eigenvalue weighted by Crippen LogP contribution is -2.46. The number of aromatic nitrogens is 2. The lowest BCUT2D eigenvalue weighted by molar-refractivity contribution is 0.0924. The van der Waals surface area contributed by atoms with Crippen LogP contribution in [0, 0.1) is 3.57 Å². The van der Waals surface area contributed by atoms with E-state index in [1.807, 2.05) is 6.20 Å². The fraction of sp³-hybridized carbons (Fsp3) is 0.600. The van der Waals surface area contributed by atoms with E-state index in [4.69, 9.17) is 4.74 Å². The molecule has 0 aromatic carbocycles. The van der Waals surface area contributed by atoms with Crippen molar-refractivity contribution in [3.05, 3.63) is 16.1 Å². The summed E-state index contributed by atoms with van der Waals surface area (Å²) in [5.41, 5.74) is 0. The van der Waals surface area contributed by atoms with Crippen molar-refractivity contribution in [2.45, 2.75) is 19.4 Å². The number of rotatable bonds is 2. The summed E-state index contributed by atoms with van der Waals surface area (Å²) in [6.07, 6.45) is 4.55. The van der Waals surface area contributed by atoms with Crippen LogP contribution in [-0.4, -0.2) is 35.8 Å². The Bertz CT molecular complexity index is 334. The van der Waals surface area contributed by atoms with E-state index < -0.39 is 0 Å². The third kappa shape index (κ3) is 2.39. The average molecular weight is 319 g/mol. The lowest BCUT2D eigenvalue weighted by Gasteiger charge is -2.36. The van der Waals surface area contributed by atoms with Gasteiger partial charge in [0.15, 0.2) is 0 Å². The van der Waals surface area contributed by atoms with Gasteiger partial charge in [-0.3, -0.25) is 0 Å². The highest BCUT2D eigenvalue weighted by Crippen LogP contribution is 2.23. The molecule has 0 radical (unpaired) electrons. The molecule has 1 aliphatic heterocycles. The second-order valence-corrected chi connectivity index (χ2v) is 4.69. The molecule has 0 spiro atoms. The second-order valence-electron chi connectivity index (χ2n) is 3.52. The normalized spacial score (nSPS) is 21.7. The second kappa shape index (κ2) is 5.07. The van der Waals surface area contributed by atoms with Gasteiger partial charge < -0.3 is 9.64 Å². The molecule has 2 rings (SSSR count). The largest absolute Gasteiger partial charge is 0.377 e. The van der Waals surface area contributed by atoms with E-state index in [0.717, 1.165) is 35.6 Å². The van der Waals surface area contributed by atoms with Crippen molar-refractivity contribution in [1.82, 2.24) is 9.97 Å². The smallest absolute Gasteiger partial charge is 0.145 e. The first-order valence-electron chi connectivity index (χ1n) is 5.12. The van der Waals surface area contributed by atoms with Gasteiger partial charge in [0.25, 0.3) is 0 Å². The molecule has 0 saturated carbocycles. The van der Waals surface area contributed by atoms with Crippen LogP contribution in [0.5, 0.6) is 0 Å². The van der Waals surface area contributed by atoms with Crippen LogP contribution < -0.4 is 4.90 Å². The minimum atomic E-state index is 0.446. The zero-order valence-electron chi connectivity index (χ0n) is 8.69. The molecule has 82 valence electrons. The first-order chi connectivity index (χ1) is 7.33. The van der Waals surface area contributed by atoms with Gasteiger partial charge in [0.05, 0.1) is 22.8 Å². The molecule has 2 heterocycles. The van der Waals surface area contributed by atoms with Gasteiger partial charge in [0.1, 0.15) is 12.1 Å². The first kappa shape index (κ1) is 11.1. The summed E-state index contributed by atoms with van der Waals surface area (Å²) in [4.78, 5) is 10.7. The van der Waals surface area contributed by atoms with Gasteiger partial charge in [-0.1, -0.05) is 6.92 Å². The number of nitrogens with zero attached hydrogens (tertiary/aromatic N) is 3. The summed E-state index contributed by atoms with van der Waals surface area (Å²) in [7, 11) is 0. The summed E-state index contributed by atoms with van der Waals surface area (Å²) in [6.45, 7) is 4.69. The Morgan fingerprint density at radius 2 is 2.53 bits per heavy atom. The monoisotopic (exact) mass is 319 g/mol. The Kier molecular flexibility index (Phi) is 3.74. The fourth-order valence-electron chi connectivity index (χ4n) is 1.79. The average Bonchev–Trinajstić information content (AvgIpc) is 2.30. The van der Waals surface area contributed by atoms with Crippen LogP contribution in [0.2, 0.25) is 0 Å². The third-order valence-electron chi connectivity index (χ3n) is 2.62. The lowest BCUT2D eigenvalue weighted by atomic mass is 10.2. The number of ether oxygens (including phenoxy) is 1. The van der Waals surface area contributed by atoms with Crippen LogP contribution in [0.25, 0.3) is 0 Å². The van der Waals surface area contributed by atoms with Crippen molar-refractivity contribution < 1.29 is 4.74 Å². The maximum Gasteiger partial charge on any atom is 0.145 e. The molecule has 0 N–H and O–H groups in total. The minimum absolute atomic E-state index is 0.446. The Morgan fingerprint density at radius 1 is 1.67 bits per heavy atom. The molecule has 0 bridgehead atoms. The molecule has 1 fully saturated rings. The van der Waals surface area contributed by atoms with Gasteiger partial charge in [0.2, 0.25) is 0 Å². The van der Waals surface area contributed by atoms with Crippen LogP contribution >= 0.6 is 22.6 Å². The fourth-order valence-corrected chi connectivity index (χ4v) is 2.40. The van der Waals surface area contributed by atoms with Crippen molar-refractivity contribution in [2.75, 3.05) is 24.7 Å². The van der Waals surface area contributed by atoms with E-state index in [-0.39, 0.29) is 0 Å². The van der Waals surface area contributed by atoms with Crippen LogP contribution in [-0.2, 0) is 4.74 Å². The van der Waals surface area contributed by atoms with Crippen molar-refractivity contribution in [3.63, 3.8) is 0 Å². The highest BCUT2D eigenvalue weighted by molar-refractivity contribution is 14.1.